The Balaban J connectivity index is -0.0000000977. The number of nitrogens with one attached hydrogen (secondary N) is 7. The summed E-state index contributed by atoms with van der Waals surface area (Å²) in [6.07, 6.45) is 3.05. The Hall–Kier alpha value is -2.58. The SMILES string of the molecule is CC(=O)CN(C)CC(=O)O.CNC(C(C)=O)C(C)C.CNC(C)C(C)=O.CNC(CC(C)=O)C(=O)O.CNC(CC(C)=O)CC(=O)O.CNC(CCCC[NH-])C(C)=O.CNCC(C)=O.[K+]. The first-order valence-electron chi connectivity index (χ1n) is 20.9. The topological polar surface area (TPSA) is 331 Å². The van der Waals surface area contributed by atoms with Crippen molar-refractivity contribution in [3.63, 3.8) is 0 Å². The molecule has 0 aromatic rings. The van der Waals surface area contributed by atoms with Gasteiger partial charge in [0.05, 0.1) is 44.2 Å². The molecule has 5 unspecified atom stereocenters. The van der Waals surface area contributed by atoms with Crippen LogP contribution >= 0.6 is 0 Å². The Morgan fingerprint density at radius 1 is 0.538 bits per heavy atom. The fourth-order valence-electron chi connectivity index (χ4n) is 4.58. The Morgan fingerprint density at radius 3 is 1.18 bits per heavy atom. The van der Waals surface area contributed by atoms with Gasteiger partial charge in [-0.2, -0.15) is 6.54 Å². The number of carboxylic acid groups (broad SMARTS) is 3. The fraction of sp³-hybridized carbons (Fsp3) is 0.767. The molecule has 0 bridgehead atoms. The van der Waals surface area contributed by atoms with Crippen LogP contribution in [0, 0.1) is 5.92 Å². The van der Waals surface area contributed by atoms with E-state index < -0.39 is 23.9 Å². The average Bonchev–Trinajstić information content (AvgIpc) is 3.15. The molecule has 0 aliphatic rings. The molecule has 0 radical (unpaired) electrons. The molecule has 0 aliphatic carbocycles. The smallest absolute Gasteiger partial charge is 0.677 e. The fourth-order valence-corrected chi connectivity index (χ4v) is 4.58. The van der Waals surface area contributed by atoms with Gasteiger partial charge in [0, 0.05) is 18.9 Å². The summed E-state index contributed by atoms with van der Waals surface area (Å²) in [6.45, 7) is 17.5. The van der Waals surface area contributed by atoms with Crippen molar-refractivity contribution in [2.24, 2.45) is 5.92 Å². The summed E-state index contributed by atoms with van der Waals surface area (Å²) in [4.78, 5) is 105. The molecule has 0 rings (SSSR count). The van der Waals surface area contributed by atoms with Gasteiger partial charge in [-0.1, -0.05) is 26.7 Å². The summed E-state index contributed by atoms with van der Waals surface area (Å²) in [5, 5.41) is 41.7. The third-order valence-corrected chi connectivity index (χ3v) is 8.04. The number of carbonyl (C=O) groups is 10. The molecule has 22 heteroatoms. The van der Waals surface area contributed by atoms with Crippen molar-refractivity contribution in [2.45, 2.75) is 138 Å². The van der Waals surface area contributed by atoms with Gasteiger partial charge in [0.2, 0.25) is 0 Å². The number of unbranched alkanes of at least 4 members (excludes halogenated alkanes) is 1. The van der Waals surface area contributed by atoms with Gasteiger partial charge in [-0.25, -0.2) is 0 Å². The van der Waals surface area contributed by atoms with Gasteiger partial charge >= 0.3 is 69.3 Å². The van der Waals surface area contributed by atoms with Crippen LogP contribution in [0.15, 0.2) is 0 Å². The molecule has 10 N–H and O–H groups in total. The third kappa shape index (κ3) is 70.6. The number of carboxylic acids is 3. The summed E-state index contributed by atoms with van der Waals surface area (Å²) in [5.74, 6) is -1.76. The molecule has 378 valence electrons. The normalized spacial score (nSPS) is 11.9. The maximum Gasteiger partial charge on any atom is 1.00 e. The maximum atomic E-state index is 10.9. The van der Waals surface area contributed by atoms with Crippen molar-refractivity contribution in [1.82, 2.24) is 36.8 Å². The van der Waals surface area contributed by atoms with Gasteiger partial charge in [-0.05, 0) is 117 Å². The average molecular weight is 963 g/mol. The Morgan fingerprint density at radius 2 is 1.02 bits per heavy atom. The second kappa shape index (κ2) is 54.0. The predicted molar refractivity (Wildman–Crippen MR) is 251 cm³/mol. The van der Waals surface area contributed by atoms with Gasteiger partial charge in [-0.15, -0.1) is 0 Å². The molecule has 0 aliphatic heterocycles. The van der Waals surface area contributed by atoms with Gasteiger partial charge in [0.15, 0.2) is 0 Å². The monoisotopic (exact) mass is 963 g/mol. The third-order valence-electron chi connectivity index (χ3n) is 8.04. The van der Waals surface area contributed by atoms with Gasteiger partial charge in [0.25, 0.3) is 0 Å². The molecular formula is C43H87KN8O13. The minimum atomic E-state index is -0.988. The Labute approximate surface area is 431 Å². The van der Waals surface area contributed by atoms with Crippen molar-refractivity contribution < 1.29 is 115 Å². The quantitative estimate of drug-likeness (QED) is 0.0350. The van der Waals surface area contributed by atoms with Crippen LogP contribution in [0.5, 0.6) is 0 Å². The standard InChI is InChI=1S/C8H17N2O.C7H13NO3.C7H15NO.2C6H11NO3.C5H11NO.C4H9NO.K/c1-7(11)8(10-2)5-3-4-6-9;1-5(9)3-6(8-2)4-7(10)11;1-5(2)7(8-4)6(3)9;1-5(8)3-7(2)4-6(9)10;1-4(8)3-5(7-2)6(9)10;1-4(6-3)5(2)7;1-4(6)3-5-2;/h8-10H,3-6H2,1-2H3;6,8H,3-4H2,1-2H3,(H,10,11);5,7-8H,1-4H3;3-4H2,1-2H3,(H,9,10);5,7H,3H2,1-2H3,(H,9,10);4,6H,1-3H3;5H,3H2,1-2H3;/q-1;;;;;;;+1. The van der Waals surface area contributed by atoms with Crippen LogP contribution in [0.1, 0.15) is 108 Å². The van der Waals surface area contributed by atoms with E-state index in [0.717, 1.165) is 19.3 Å². The zero-order valence-corrected chi connectivity index (χ0v) is 46.0. The second-order valence-electron chi connectivity index (χ2n) is 15.0. The molecule has 0 aromatic carbocycles. The first-order chi connectivity index (χ1) is 29.4. The molecular weight excluding hydrogens is 876 g/mol. The van der Waals surface area contributed by atoms with Crippen LogP contribution in [0.3, 0.4) is 0 Å². The van der Waals surface area contributed by atoms with E-state index in [1.165, 1.54) is 32.7 Å². The molecule has 0 saturated heterocycles. The number of nitrogens with zero attached hydrogens (tertiary/aromatic N) is 1. The number of rotatable bonds is 26. The minimum absolute atomic E-state index is 0. The van der Waals surface area contributed by atoms with Crippen molar-refractivity contribution in [3.8, 4) is 0 Å². The zero-order chi connectivity index (χ0) is 52.1. The molecule has 0 heterocycles. The van der Waals surface area contributed by atoms with Crippen LogP contribution in [0.25, 0.3) is 5.73 Å². The van der Waals surface area contributed by atoms with Crippen LogP contribution in [0.2, 0.25) is 0 Å². The van der Waals surface area contributed by atoms with Crippen molar-refractivity contribution >= 4 is 58.4 Å². The number of ketones is 7. The van der Waals surface area contributed by atoms with E-state index in [9.17, 15) is 47.9 Å². The molecule has 0 fully saturated rings. The Bertz CT molecular complexity index is 1290. The van der Waals surface area contributed by atoms with E-state index in [2.05, 4.69) is 31.9 Å². The summed E-state index contributed by atoms with van der Waals surface area (Å²) in [6, 6.07) is -0.922. The van der Waals surface area contributed by atoms with E-state index in [-0.39, 0.29) is 148 Å². The summed E-state index contributed by atoms with van der Waals surface area (Å²) in [5.41, 5.74) is 6.91. The zero-order valence-electron chi connectivity index (χ0n) is 42.9. The van der Waals surface area contributed by atoms with Crippen molar-refractivity contribution in [2.75, 3.05) is 75.5 Å². The number of hydrogen-bond acceptors (Lipinski definition) is 17. The molecule has 0 amide bonds. The minimum Gasteiger partial charge on any atom is -0.677 e. The molecule has 5 atom stereocenters. The number of carbonyl (C=O) groups excluding carboxylic acids is 7. The van der Waals surface area contributed by atoms with Crippen LogP contribution < -0.4 is 83.3 Å². The number of aliphatic carboxylic acids is 3. The molecule has 0 saturated carbocycles. The number of hydrogen-bond donors (Lipinski definition) is 9. The van der Waals surface area contributed by atoms with Gasteiger partial charge in [-0.3, -0.25) is 52.8 Å². The largest absolute Gasteiger partial charge is 1.00 e. The van der Waals surface area contributed by atoms with E-state index in [1.807, 2.05) is 27.8 Å². The predicted octanol–water partition coefficient (Wildman–Crippen LogP) is -1.55. The summed E-state index contributed by atoms with van der Waals surface area (Å²) >= 11 is 0. The first-order valence-corrected chi connectivity index (χ1v) is 20.9. The molecule has 65 heavy (non-hydrogen) atoms. The second-order valence-corrected chi connectivity index (χ2v) is 15.0. The van der Waals surface area contributed by atoms with Crippen molar-refractivity contribution in [1.29, 1.82) is 0 Å². The van der Waals surface area contributed by atoms with E-state index in [4.69, 9.17) is 21.1 Å². The van der Waals surface area contributed by atoms with E-state index >= 15 is 0 Å². The van der Waals surface area contributed by atoms with Crippen LogP contribution in [-0.2, 0) is 47.9 Å². The van der Waals surface area contributed by atoms with Gasteiger partial charge < -0.3 is 53.0 Å². The summed E-state index contributed by atoms with van der Waals surface area (Å²) in [7, 11) is 11.9. The van der Waals surface area contributed by atoms with Crippen molar-refractivity contribution in [3.05, 3.63) is 5.73 Å². The number of Topliss-reactive ketones (excluding diaryl/α,β-unsaturated/α-hetero) is 7. The van der Waals surface area contributed by atoms with Crippen LogP contribution in [-0.4, -0.2) is 184 Å². The van der Waals surface area contributed by atoms with E-state index in [1.54, 1.807) is 62.9 Å². The number of likely N-dealkylation sites (N-methyl/N-ethyl adjacent to an activating group) is 6. The van der Waals surface area contributed by atoms with Crippen LogP contribution in [0.4, 0.5) is 0 Å². The molecule has 0 spiro atoms. The Kier molecular flexibility index (Phi) is 66.1. The maximum absolute atomic E-state index is 10.9. The first kappa shape index (κ1) is 79.5. The van der Waals surface area contributed by atoms with E-state index in [0.29, 0.717) is 19.0 Å². The molecule has 21 nitrogen and oxygen atoms in total. The van der Waals surface area contributed by atoms with Gasteiger partial charge in [0.1, 0.15) is 46.5 Å². The molecule has 0 aromatic heterocycles. The summed E-state index contributed by atoms with van der Waals surface area (Å²) < 4.78 is 0.